The number of aryl methyl sites for hydroxylation is 2. The van der Waals surface area contributed by atoms with Crippen LogP contribution >= 0.6 is 23.4 Å². The minimum atomic E-state index is -0.633. The van der Waals surface area contributed by atoms with Gasteiger partial charge in [-0.3, -0.25) is 9.59 Å². The summed E-state index contributed by atoms with van der Waals surface area (Å²) in [5.41, 5.74) is 3.28. The second kappa shape index (κ2) is 10.8. The molecular weight excluding hydrogens is 525 g/mol. The molecule has 6 nitrogen and oxygen atoms in total. The molecule has 5 aromatic rings. The maximum absolute atomic E-state index is 14.2. The van der Waals surface area contributed by atoms with Crippen LogP contribution in [0.1, 0.15) is 43.3 Å². The van der Waals surface area contributed by atoms with E-state index in [0.717, 1.165) is 17.2 Å². The summed E-state index contributed by atoms with van der Waals surface area (Å²) in [6.45, 7) is 3.63. The van der Waals surface area contributed by atoms with Gasteiger partial charge in [-0.15, -0.1) is 0 Å². The van der Waals surface area contributed by atoms with Crippen LogP contribution < -0.4 is 5.32 Å². The predicted molar refractivity (Wildman–Crippen MR) is 147 cm³/mol. The summed E-state index contributed by atoms with van der Waals surface area (Å²) in [5, 5.41) is 3.70. The minimum absolute atomic E-state index is 0.0426. The van der Waals surface area contributed by atoms with Crippen LogP contribution in [-0.2, 0) is 5.75 Å². The lowest BCUT2D eigenvalue weighted by Crippen LogP contribution is -2.17. The highest BCUT2D eigenvalue weighted by Gasteiger charge is 2.25. The van der Waals surface area contributed by atoms with E-state index in [-0.39, 0.29) is 27.7 Å². The quantitative estimate of drug-likeness (QED) is 0.130. The van der Waals surface area contributed by atoms with Crippen LogP contribution in [-0.4, -0.2) is 21.7 Å². The number of nitrogens with zero attached hydrogens (tertiary/aromatic N) is 2. The van der Waals surface area contributed by atoms with E-state index < -0.39 is 17.5 Å². The number of furan rings is 1. The van der Waals surface area contributed by atoms with Crippen molar-refractivity contribution in [3.8, 4) is 0 Å². The van der Waals surface area contributed by atoms with E-state index in [1.54, 1.807) is 31.2 Å². The average molecular weight is 546 g/mol. The Kier molecular flexibility index (Phi) is 7.26. The number of aromatic nitrogens is 2. The lowest BCUT2D eigenvalue weighted by molar-refractivity contribution is 0.101. The lowest BCUT2D eigenvalue weighted by Gasteiger charge is -2.09. The summed E-state index contributed by atoms with van der Waals surface area (Å²) in [5.74, 6) is -1.22. The molecule has 3 aromatic carbocycles. The van der Waals surface area contributed by atoms with Gasteiger partial charge in [0.25, 0.3) is 5.91 Å². The van der Waals surface area contributed by atoms with E-state index in [4.69, 9.17) is 16.0 Å². The van der Waals surface area contributed by atoms with Crippen molar-refractivity contribution in [3.63, 3.8) is 0 Å². The van der Waals surface area contributed by atoms with Gasteiger partial charge >= 0.3 is 0 Å². The molecule has 9 heteroatoms. The van der Waals surface area contributed by atoms with Gasteiger partial charge in [0.05, 0.1) is 16.9 Å². The molecule has 0 aliphatic rings. The molecule has 1 amide bonds. The fraction of sp³-hybridized carbons (Fsp3) is 0.103. The second-order valence-electron chi connectivity index (χ2n) is 8.61. The molecule has 0 radical (unpaired) electrons. The molecule has 1 N–H and O–H groups in total. The molecule has 5 rings (SSSR count). The third kappa shape index (κ3) is 5.18. The number of amides is 1. The third-order valence-corrected chi connectivity index (χ3v) is 7.22. The maximum atomic E-state index is 14.2. The van der Waals surface area contributed by atoms with Crippen molar-refractivity contribution >= 4 is 51.7 Å². The number of hydrogen-bond acceptors (Lipinski definition) is 6. The number of halogens is 2. The predicted octanol–water partition coefficient (Wildman–Crippen LogP) is 7.41. The Morgan fingerprint density at radius 3 is 2.58 bits per heavy atom. The van der Waals surface area contributed by atoms with Gasteiger partial charge in [0.2, 0.25) is 5.78 Å². The standard InChI is InChI=1S/C29H21ClFN3O3S/c1-16-7-3-4-8-19(16)15-38-29-32-14-21(30)25(34-29)28(36)33-24-20-9-5-6-10-23(20)37-27(24)26(35)18-12-11-17(2)22(31)13-18/h3-14H,15H2,1-2H3,(H,33,36). The maximum Gasteiger partial charge on any atom is 0.276 e. The van der Waals surface area contributed by atoms with Crippen molar-refractivity contribution in [1.82, 2.24) is 9.97 Å². The molecule has 0 unspecified atom stereocenters. The van der Waals surface area contributed by atoms with Gasteiger partial charge in [-0.1, -0.05) is 71.9 Å². The first-order chi connectivity index (χ1) is 18.3. The summed E-state index contributed by atoms with van der Waals surface area (Å²) >= 11 is 7.67. The van der Waals surface area contributed by atoms with E-state index in [1.165, 1.54) is 30.1 Å². The van der Waals surface area contributed by atoms with Gasteiger partial charge in [0.15, 0.2) is 16.6 Å². The summed E-state index contributed by atoms with van der Waals surface area (Å²) in [7, 11) is 0. The molecule has 0 atom stereocenters. The zero-order valence-electron chi connectivity index (χ0n) is 20.4. The number of anilines is 1. The van der Waals surface area contributed by atoms with Crippen molar-refractivity contribution in [2.45, 2.75) is 24.8 Å². The van der Waals surface area contributed by atoms with Gasteiger partial charge in [-0.25, -0.2) is 14.4 Å². The molecule has 0 bridgehead atoms. The van der Waals surface area contributed by atoms with E-state index in [2.05, 4.69) is 15.3 Å². The normalized spacial score (nSPS) is 11.1. The topological polar surface area (TPSA) is 85.1 Å². The lowest BCUT2D eigenvalue weighted by atomic mass is 10.0. The van der Waals surface area contributed by atoms with Crippen LogP contribution in [0.25, 0.3) is 11.0 Å². The number of hydrogen-bond donors (Lipinski definition) is 1. The van der Waals surface area contributed by atoms with Crippen molar-refractivity contribution in [3.05, 3.63) is 117 Å². The van der Waals surface area contributed by atoms with Crippen molar-refractivity contribution in [2.24, 2.45) is 0 Å². The summed E-state index contributed by atoms with van der Waals surface area (Å²) < 4.78 is 20.0. The van der Waals surface area contributed by atoms with Crippen molar-refractivity contribution in [1.29, 1.82) is 0 Å². The monoisotopic (exact) mass is 545 g/mol. The summed E-state index contributed by atoms with van der Waals surface area (Å²) in [6.07, 6.45) is 1.37. The Morgan fingerprint density at radius 1 is 1.03 bits per heavy atom. The highest BCUT2D eigenvalue weighted by molar-refractivity contribution is 7.98. The molecule has 2 aromatic heterocycles. The first-order valence-electron chi connectivity index (χ1n) is 11.7. The Morgan fingerprint density at radius 2 is 1.79 bits per heavy atom. The Balaban J connectivity index is 1.46. The number of carbonyl (C=O) groups is 2. The number of benzene rings is 3. The number of thioether (sulfide) groups is 1. The zero-order chi connectivity index (χ0) is 26.8. The van der Waals surface area contributed by atoms with Crippen LogP contribution in [0.4, 0.5) is 10.1 Å². The number of fused-ring (bicyclic) bond motifs is 1. The van der Waals surface area contributed by atoms with Crippen LogP contribution in [0.5, 0.6) is 0 Å². The van der Waals surface area contributed by atoms with Gasteiger partial charge in [0.1, 0.15) is 11.4 Å². The number of nitrogens with one attached hydrogen (secondary N) is 1. The molecule has 0 saturated carbocycles. The smallest absolute Gasteiger partial charge is 0.276 e. The number of ketones is 1. The van der Waals surface area contributed by atoms with Crippen molar-refractivity contribution in [2.75, 3.05) is 5.32 Å². The molecule has 0 aliphatic heterocycles. The molecule has 2 heterocycles. The minimum Gasteiger partial charge on any atom is -0.450 e. The molecule has 0 spiro atoms. The average Bonchev–Trinajstić information content (AvgIpc) is 3.28. The third-order valence-electron chi connectivity index (χ3n) is 6.03. The Hall–Kier alpha value is -4.01. The zero-order valence-corrected chi connectivity index (χ0v) is 22.0. The largest absolute Gasteiger partial charge is 0.450 e. The van der Waals surface area contributed by atoms with Gasteiger partial charge in [-0.05, 0) is 48.7 Å². The fourth-order valence-corrected chi connectivity index (χ4v) is 4.93. The SMILES string of the molecule is Cc1ccc(C(=O)c2oc3ccccc3c2NC(=O)c2nc(SCc3ccccc3C)ncc2Cl)cc1F. The number of para-hydroxylation sites is 1. The molecule has 38 heavy (non-hydrogen) atoms. The number of carbonyl (C=O) groups excluding carboxylic acids is 2. The van der Waals surface area contributed by atoms with E-state index >= 15 is 0 Å². The molecular formula is C29H21ClFN3O3S. The van der Waals surface area contributed by atoms with E-state index in [0.29, 0.717) is 27.4 Å². The molecule has 190 valence electrons. The Labute approximate surface area is 227 Å². The van der Waals surface area contributed by atoms with Gasteiger partial charge < -0.3 is 9.73 Å². The van der Waals surface area contributed by atoms with E-state index in [9.17, 15) is 14.0 Å². The summed E-state index contributed by atoms with van der Waals surface area (Å²) in [4.78, 5) is 35.3. The molecule has 0 saturated heterocycles. The Bertz CT molecular complexity index is 1700. The van der Waals surface area contributed by atoms with Crippen LogP contribution in [0.3, 0.4) is 0 Å². The van der Waals surface area contributed by atoms with Crippen LogP contribution in [0.2, 0.25) is 5.02 Å². The molecule has 0 aliphatic carbocycles. The molecule has 0 fully saturated rings. The first-order valence-corrected chi connectivity index (χ1v) is 13.0. The summed E-state index contributed by atoms with van der Waals surface area (Å²) in [6, 6.07) is 19.0. The second-order valence-corrected chi connectivity index (χ2v) is 9.96. The number of rotatable bonds is 7. The van der Waals surface area contributed by atoms with Crippen LogP contribution in [0, 0.1) is 19.7 Å². The van der Waals surface area contributed by atoms with Gasteiger partial charge in [0, 0.05) is 16.7 Å². The first kappa shape index (κ1) is 25.6. The van der Waals surface area contributed by atoms with E-state index in [1.807, 2.05) is 31.2 Å². The fourth-order valence-electron chi connectivity index (χ4n) is 3.86. The highest BCUT2D eigenvalue weighted by atomic mass is 35.5. The van der Waals surface area contributed by atoms with Crippen molar-refractivity contribution < 1.29 is 18.4 Å². The highest BCUT2D eigenvalue weighted by Crippen LogP contribution is 2.33. The van der Waals surface area contributed by atoms with Crippen LogP contribution in [0.15, 0.2) is 82.5 Å². The van der Waals surface area contributed by atoms with Gasteiger partial charge in [-0.2, -0.15) is 0 Å².